The van der Waals surface area contributed by atoms with Gasteiger partial charge in [-0.2, -0.15) is 5.26 Å². The highest BCUT2D eigenvalue weighted by molar-refractivity contribution is 6.03. The average molecular weight is 201 g/mol. The Morgan fingerprint density at radius 1 is 1.53 bits per heavy atom. The zero-order valence-corrected chi connectivity index (χ0v) is 8.69. The van der Waals surface area contributed by atoms with E-state index in [1.165, 1.54) is 0 Å². The van der Waals surface area contributed by atoms with Gasteiger partial charge in [0.1, 0.15) is 5.60 Å². The molecule has 2 heterocycles. The number of nitrogens with zero attached hydrogens (tertiary/aromatic N) is 3. The normalized spacial score (nSPS) is 17.8. The molecule has 15 heavy (non-hydrogen) atoms. The molecule has 0 aliphatic carbocycles. The fraction of sp³-hybridized carbons (Fsp3) is 0.364. The molecule has 0 fully saturated rings. The minimum absolute atomic E-state index is 0.280. The van der Waals surface area contributed by atoms with Gasteiger partial charge in [-0.3, -0.25) is 4.98 Å². The highest BCUT2D eigenvalue weighted by Gasteiger charge is 2.30. The molecular formula is C11H11N3O. The quantitative estimate of drug-likeness (QED) is 0.696. The fourth-order valence-corrected chi connectivity index (χ4v) is 1.51. The Morgan fingerprint density at radius 3 is 2.93 bits per heavy atom. The van der Waals surface area contributed by atoms with Crippen molar-refractivity contribution in [1.82, 2.24) is 4.98 Å². The number of hydrogen-bond donors (Lipinski definition) is 0. The largest absolute Gasteiger partial charge is 0.389 e. The van der Waals surface area contributed by atoms with Gasteiger partial charge in [0.25, 0.3) is 0 Å². The predicted octanol–water partition coefficient (Wildman–Crippen LogP) is 1.86. The molecule has 0 spiro atoms. The van der Waals surface area contributed by atoms with Gasteiger partial charge >= 0.3 is 0 Å². The van der Waals surface area contributed by atoms with Crippen LogP contribution in [0.15, 0.2) is 23.6 Å². The Labute approximate surface area is 88.2 Å². The lowest BCUT2D eigenvalue weighted by molar-refractivity contribution is 0.0123. The number of pyridine rings is 1. The van der Waals surface area contributed by atoms with Crippen molar-refractivity contribution in [2.24, 2.45) is 5.16 Å². The lowest BCUT2D eigenvalue weighted by Crippen LogP contribution is -2.19. The first kappa shape index (κ1) is 9.66. The lowest BCUT2D eigenvalue weighted by atomic mass is 9.96. The van der Waals surface area contributed by atoms with Gasteiger partial charge < -0.3 is 4.84 Å². The number of aromatic nitrogens is 1. The van der Waals surface area contributed by atoms with Crippen LogP contribution in [0.25, 0.3) is 0 Å². The molecule has 0 N–H and O–H groups in total. The average Bonchev–Trinajstić information content (AvgIpc) is 2.59. The van der Waals surface area contributed by atoms with Gasteiger partial charge in [-0.15, -0.1) is 0 Å². The number of hydrogen-bond acceptors (Lipinski definition) is 4. The number of oxime groups is 1. The molecule has 1 aliphatic heterocycles. The number of nitriles is 1. The SMILES string of the molecule is CC1(C)CC(c2cnccc2C#N)=NO1. The second-order valence-electron chi connectivity index (χ2n) is 4.10. The zero-order valence-electron chi connectivity index (χ0n) is 8.69. The van der Waals surface area contributed by atoms with Crippen LogP contribution in [0.2, 0.25) is 0 Å². The second-order valence-corrected chi connectivity index (χ2v) is 4.10. The van der Waals surface area contributed by atoms with Crippen molar-refractivity contribution in [1.29, 1.82) is 5.26 Å². The van der Waals surface area contributed by atoms with Crippen molar-refractivity contribution in [3.63, 3.8) is 0 Å². The molecular weight excluding hydrogens is 190 g/mol. The van der Waals surface area contributed by atoms with E-state index in [0.717, 1.165) is 11.3 Å². The molecule has 2 rings (SSSR count). The Kier molecular flexibility index (Phi) is 2.16. The molecule has 0 aromatic carbocycles. The maximum absolute atomic E-state index is 8.94. The summed E-state index contributed by atoms with van der Waals surface area (Å²) >= 11 is 0. The van der Waals surface area contributed by atoms with E-state index in [0.29, 0.717) is 12.0 Å². The maximum Gasteiger partial charge on any atom is 0.137 e. The Bertz CT molecular complexity index is 457. The molecule has 76 valence electrons. The Balaban J connectivity index is 2.37. The third kappa shape index (κ3) is 1.82. The van der Waals surface area contributed by atoms with Crippen molar-refractivity contribution in [3.8, 4) is 6.07 Å². The first-order valence-corrected chi connectivity index (χ1v) is 4.72. The minimum atomic E-state index is -0.280. The molecule has 0 bridgehead atoms. The Hall–Kier alpha value is -1.89. The van der Waals surface area contributed by atoms with Crippen molar-refractivity contribution in [2.45, 2.75) is 25.9 Å². The molecule has 1 aromatic heterocycles. The highest BCUT2D eigenvalue weighted by atomic mass is 16.7. The fourth-order valence-electron chi connectivity index (χ4n) is 1.51. The van der Waals surface area contributed by atoms with Gasteiger partial charge in [0, 0.05) is 24.4 Å². The number of rotatable bonds is 1. The summed E-state index contributed by atoms with van der Waals surface area (Å²) < 4.78 is 0. The molecule has 0 unspecified atom stereocenters. The van der Waals surface area contributed by atoms with Crippen LogP contribution >= 0.6 is 0 Å². The van der Waals surface area contributed by atoms with Crippen LogP contribution in [-0.4, -0.2) is 16.3 Å². The summed E-state index contributed by atoms with van der Waals surface area (Å²) in [5, 5.41) is 12.9. The maximum atomic E-state index is 8.94. The van der Waals surface area contributed by atoms with Crippen LogP contribution in [0.1, 0.15) is 31.4 Å². The van der Waals surface area contributed by atoms with Crippen LogP contribution in [-0.2, 0) is 4.84 Å². The molecule has 0 radical (unpaired) electrons. The van der Waals surface area contributed by atoms with E-state index < -0.39 is 0 Å². The highest BCUT2D eigenvalue weighted by Crippen LogP contribution is 2.26. The summed E-state index contributed by atoms with van der Waals surface area (Å²) in [6.45, 7) is 3.93. The van der Waals surface area contributed by atoms with Crippen molar-refractivity contribution >= 4 is 5.71 Å². The third-order valence-corrected chi connectivity index (χ3v) is 2.25. The standard InChI is InChI=1S/C11H11N3O/c1-11(2)5-10(14-15-11)9-7-13-4-3-8(9)6-12/h3-4,7H,5H2,1-2H3. The van der Waals surface area contributed by atoms with E-state index in [9.17, 15) is 0 Å². The van der Waals surface area contributed by atoms with Crippen molar-refractivity contribution in [2.75, 3.05) is 0 Å². The molecule has 0 saturated carbocycles. The van der Waals surface area contributed by atoms with Gasteiger partial charge in [0.15, 0.2) is 0 Å². The monoisotopic (exact) mass is 201 g/mol. The molecule has 0 saturated heterocycles. The summed E-state index contributed by atoms with van der Waals surface area (Å²) in [5.41, 5.74) is 1.87. The van der Waals surface area contributed by atoms with Gasteiger partial charge in [0.2, 0.25) is 0 Å². The molecule has 0 amide bonds. The topological polar surface area (TPSA) is 58.3 Å². The summed E-state index contributed by atoms with van der Waals surface area (Å²) in [6.07, 6.45) is 3.96. The zero-order chi connectivity index (χ0) is 10.9. The Morgan fingerprint density at radius 2 is 2.33 bits per heavy atom. The van der Waals surface area contributed by atoms with Crippen LogP contribution in [0, 0.1) is 11.3 Å². The van der Waals surface area contributed by atoms with Gasteiger partial charge in [-0.05, 0) is 19.9 Å². The van der Waals surface area contributed by atoms with E-state index >= 15 is 0 Å². The van der Waals surface area contributed by atoms with Crippen LogP contribution in [0.5, 0.6) is 0 Å². The van der Waals surface area contributed by atoms with Gasteiger partial charge in [0.05, 0.1) is 17.3 Å². The van der Waals surface area contributed by atoms with Crippen LogP contribution in [0.4, 0.5) is 0 Å². The smallest absolute Gasteiger partial charge is 0.137 e. The van der Waals surface area contributed by atoms with E-state index in [4.69, 9.17) is 10.1 Å². The molecule has 1 aromatic rings. The van der Waals surface area contributed by atoms with Gasteiger partial charge in [-0.1, -0.05) is 5.16 Å². The molecule has 4 heteroatoms. The van der Waals surface area contributed by atoms with E-state index in [1.807, 2.05) is 13.8 Å². The first-order valence-electron chi connectivity index (χ1n) is 4.72. The van der Waals surface area contributed by atoms with Crippen molar-refractivity contribution in [3.05, 3.63) is 29.6 Å². The van der Waals surface area contributed by atoms with Gasteiger partial charge in [-0.25, -0.2) is 0 Å². The van der Waals surface area contributed by atoms with E-state index in [2.05, 4.69) is 16.2 Å². The first-order chi connectivity index (χ1) is 7.12. The van der Waals surface area contributed by atoms with Crippen molar-refractivity contribution < 1.29 is 4.84 Å². The summed E-state index contributed by atoms with van der Waals surface area (Å²) in [6, 6.07) is 3.81. The van der Waals surface area contributed by atoms with E-state index in [-0.39, 0.29) is 5.60 Å². The second kappa shape index (κ2) is 3.35. The summed E-state index contributed by atoms with van der Waals surface area (Å²) in [5.74, 6) is 0. The predicted molar refractivity (Wildman–Crippen MR) is 55.3 cm³/mol. The molecule has 4 nitrogen and oxygen atoms in total. The lowest BCUT2D eigenvalue weighted by Gasteiger charge is -2.13. The third-order valence-electron chi connectivity index (χ3n) is 2.25. The van der Waals surface area contributed by atoms with Crippen LogP contribution in [0.3, 0.4) is 0 Å². The summed E-state index contributed by atoms with van der Waals surface area (Å²) in [7, 11) is 0. The molecule has 1 aliphatic rings. The van der Waals surface area contributed by atoms with E-state index in [1.54, 1.807) is 18.5 Å². The minimum Gasteiger partial charge on any atom is -0.389 e. The molecule has 0 atom stereocenters. The summed E-state index contributed by atoms with van der Waals surface area (Å²) in [4.78, 5) is 9.26. The van der Waals surface area contributed by atoms with Crippen LogP contribution < -0.4 is 0 Å².